The lowest BCUT2D eigenvalue weighted by atomic mass is 9.50. The maximum atomic E-state index is 5.93. The van der Waals surface area contributed by atoms with Crippen molar-refractivity contribution in [3.05, 3.63) is 18.7 Å². The number of hydrogen-bond donors (Lipinski definition) is 0. The van der Waals surface area contributed by atoms with Gasteiger partial charge in [-0.25, -0.2) is 4.57 Å². The molecule has 0 radical (unpaired) electrons. The third kappa shape index (κ3) is 2.46. The Morgan fingerprint density at radius 2 is 1.71 bits per heavy atom. The number of aromatic nitrogens is 6. The first kappa shape index (κ1) is 14.3. The molecule has 0 aromatic carbocycles. The molecule has 2 heterocycles. The second kappa shape index (κ2) is 5.22. The SMILES string of the molecule is C[n+]1ccn(-c2nnc(OCC34CC5CC(CC(C5)C3)C4)nn2)c1. The number of hydrogen-bond acceptors (Lipinski definition) is 5. The van der Waals surface area contributed by atoms with E-state index in [4.69, 9.17) is 4.74 Å². The van der Waals surface area contributed by atoms with Gasteiger partial charge < -0.3 is 4.74 Å². The second-order valence-electron chi connectivity index (χ2n) is 8.18. The molecule has 4 aliphatic carbocycles. The van der Waals surface area contributed by atoms with Gasteiger partial charge >= 0.3 is 12.0 Å². The quantitative estimate of drug-likeness (QED) is 0.796. The predicted octanol–water partition coefficient (Wildman–Crippen LogP) is 1.48. The zero-order valence-corrected chi connectivity index (χ0v) is 14.0. The zero-order valence-electron chi connectivity index (χ0n) is 14.0. The van der Waals surface area contributed by atoms with E-state index in [1.165, 1.54) is 38.5 Å². The van der Waals surface area contributed by atoms with Crippen molar-refractivity contribution in [2.24, 2.45) is 30.2 Å². The maximum Gasteiger partial charge on any atom is 0.363 e. The Morgan fingerprint density at radius 1 is 1.08 bits per heavy atom. The van der Waals surface area contributed by atoms with Crippen LogP contribution in [0.25, 0.3) is 5.95 Å². The largest absolute Gasteiger partial charge is 0.461 e. The minimum Gasteiger partial charge on any atom is -0.461 e. The van der Waals surface area contributed by atoms with Crippen molar-refractivity contribution in [3.8, 4) is 12.0 Å². The predicted molar refractivity (Wildman–Crippen MR) is 84.2 cm³/mol. The average Bonchev–Trinajstić information content (AvgIpc) is 2.99. The molecule has 4 aliphatic rings. The summed E-state index contributed by atoms with van der Waals surface area (Å²) in [7, 11) is 1.94. The third-order valence-electron chi connectivity index (χ3n) is 6.12. The standard InChI is InChI=1S/C17H23N6O/c1-22-2-3-23(11-22)15-18-20-16(21-19-15)24-10-17-7-12-4-13(8-17)6-14(5-12)9-17/h2-3,11-14H,4-10H2,1H3/q+1. The fraction of sp³-hybridized carbons (Fsp3) is 0.706. The number of imidazole rings is 1. The van der Waals surface area contributed by atoms with Gasteiger partial charge in [-0.05, 0) is 56.3 Å². The van der Waals surface area contributed by atoms with Crippen LogP contribution >= 0.6 is 0 Å². The van der Waals surface area contributed by atoms with E-state index in [2.05, 4.69) is 20.4 Å². The van der Waals surface area contributed by atoms with E-state index < -0.39 is 0 Å². The number of nitrogens with zero attached hydrogens (tertiary/aromatic N) is 6. The molecule has 6 rings (SSSR count). The van der Waals surface area contributed by atoms with Gasteiger partial charge in [0.25, 0.3) is 6.33 Å². The highest BCUT2D eigenvalue weighted by atomic mass is 16.5. The molecule has 24 heavy (non-hydrogen) atoms. The highest BCUT2D eigenvalue weighted by Crippen LogP contribution is 2.59. The van der Waals surface area contributed by atoms with Crippen molar-refractivity contribution in [2.75, 3.05) is 6.61 Å². The van der Waals surface area contributed by atoms with Gasteiger partial charge in [0, 0.05) is 5.41 Å². The van der Waals surface area contributed by atoms with E-state index in [-0.39, 0.29) is 0 Å². The molecule has 0 atom stereocenters. The van der Waals surface area contributed by atoms with Crippen molar-refractivity contribution >= 4 is 0 Å². The highest BCUT2D eigenvalue weighted by molar-refractivity contribution is 5.05. The Bertz CT molecular complexity index is 705. The average molecular weight is 327 g/mol. The molecule has 0 saturated heterocycles. The summed E-state index contributed by atoms with van der Waals surface area (Å²) in [5, 5.41) is 16.5. The van der Waals surface area contributed by atoms with Crippen molar-refractivity contribution in [1.29, 1.82) is 0 Å². The van der Waals surface area contributed by atoms with Gasteiger partial charge in [-0.2, -0.15) is 4.57 Å². The summed E-state index contributed by atoms with van der Waals surface area (Å²) in [6.07, 6.45) is 13.9. The summed E-state index contributed by atoms with van der Waals surface area (Å²) in [4.78, 5) is 0. The molecule has 7 nitrogen and oxygen atoms in total. The molecule has 2 aromatic rings. The van der Waals surface area contributed by atoms with Crippen LogP contribution in [0, 0.1) is 23.2 Å². The Labute approximate surface area is 141 Å². The molecular formula is C17H23N6O+. The lowest BCUT2D eigenvalue weighted by Crippen LogP contribution is -2.48. The van der Waals surface area contributed by atoms with E-state index in [9.17, 15) is 0 Å². The fourth-order valence-electron chi connectivity index (χ4n) is 5.63. The summed E-state index contributed by atoms with van der Waals surface area (Å²) < 4.78 is 9.62. The van der Waals surface area contributed by atoms with Crippen LogP contribution in [-0.2, 0) is 7.05 Å². The zero-order chi connectivity index (χ0) is 16.1. The monoisotopic (exact) mass is 327 g/mol. The van der Waals surface area contributed by atoms with E-state index in [1.54, 1.807) is 4.57 Å². The normalized spacial score (nSPS) is 33.8. The maximum absolute atomic E-state index is 5.93. The van der Waals surface area contributed by atoms with Crippen LogP contribution in [0.4, 0.5) is 0 Å². The van der Waals surface area contributed by atoms with Crippen LogP contribution in [0.15, 0.2) is 18.7 Å². The Hall–Kier alpha value is -2.05. The fourth-order valence-corrected chi connectivity index (χ4v) is 5.63. The Balaban J connectivity index is 1.27. The third-order valence-corrected chi connectivity index (χ3v) is 6.12. The molecule has 4 bridgehead atoms. The van der Waals surface area contributed by atoms with Gasteiger partial charge in [-0.15, -0.1) is 0 Å². The van der Waals surface area contributed by atoms with Crippen LogP contribution in [0.3, 0.4) is 0 Å². The Kier molecular flexibility index (Phi) is 3.11. The molecule has 0 amide bonds. The lowest BCUT2D eigenvalue weighted by molar-refractivity contribution is -0.670. The van der Waals surface area contributed by atoms with E-state index in [0.717, 1.165) is 24.4 Å². The molecule has 126 valence electrons. The van der Waals surface area contributed by atoms with Gasteiger partial charge in [0.2, 0.25) is 0 Å². The molecule has 0 spiro atoms. The molecular weight excluding hydrogens is 304 g/mol. The summed E-state index contributed by atoms with van der Waals surface area (Å²) in [6, 6.07) is 0.297. The van der Waals surface area contributed by atoms with Crippen LogP contribution in [0.2, 0.25) is 0 Å². The molecule has 0 unspecified atom stereocenters. The summed E-state index contributed by atoms with van der Waals surface area (Å²) in [5.41, 5.74) is 0.352. The minimum atomic E-state index is 0.297. The van der Waals surface area contributed by atoms with Crippen molar-refractivity contribution in [3.63, 3.8) is 0 Å². The smallest absolute Gasteiger partial charge is 0.363 e. The van der Waals surface area contributed by atoms with E-state index in [0.29, 0.717) is 17.4 Å². The first-order chi connectivity index (χ1) is 11.7. The molecule has 7 heteroatoms. The first-order valence-electron chi connectivity index (χ1n) is 8.91. The summed E-state index contributed by atoms with van der Waals surface area (Å²) in [6.45, 7) is 0.720. The summed E-state index contributed by atoms with van der Waals surface area (Å²) in [5.74, 6) is 3.23. The van der Waals surface area contributed by atoms with Crippen molar-refractivity contribution in [1.82, 2.24) is 25.0 Å². The molecule has 4 fully saturated rings. The Morgan fingerprint density at radius 3 is 2.25 bits per heavy atom. The van der Waals surface area contributed by atoms with Gasteiger partial charge in [0.1, 0.15) is 12.4 Å². The summed E-state index contributed by atoms with van der Waals surface area (Å²) >= 11 is 0. The minimum absolute atomic E-state index is 0.297. The van der Waals surface area contributed by atoms with Crippen molar-refractivity contribution in [2.45, 2.75) is 38.5 Å². The van der Waals surface area contributed by atoms with Crippen LogP contribution in [-0.4, -0.2) is 31.6 Å². The van der Waals surface area contributed by atoms with Gasteiger partial charge in [-0.3, -0.25) is 0 Å². The molecule has 4 saturated carbocycles. The van der Waals surface area contributed by atoms with Crippen LogP contribution in [0.5, 0.6) is 6.01 Å². The molecule has 0 aliphatic heterocycles. The highest BCUT2D eigenvalue weighted by Gasteiger charge is 2.51. The van der Waals surface area contributed by atoms with E-state index in [1.807, 2.05) is 30.3 Å². The van der Waals surface area contributed by atoms with Gasteiger partial charge in [0.05, 0.1) is 13.7 Å². The number of rotatable bonds is 4. The lowest BCUT2D eigenvalue weighted by Gasteiger charge is -2.56. The first-order valence-corrected chi connectivity index (χ1v) is 8.91. The molecule has 2 aromatic heterocycles. The van der Waals surface area contributed by atoms with Gasteiger partial charge in [-0.1, -0.05) is 20.4 Å². The molecule has 0 N–H and O–H groups in total. The second-order valence-corrected chi connectivity index (χ2v) is 8.18. The van der Waals surface area contributed by atoms with Crippen molar-refractivity contribution < 1.29 is 9.30 Å². The van der Waals surface area contributed by atoms with Crippen LogP contribution < -0.4 is 9.30 Å². The van der Waals surface area contributed by atoms with Crippen LogP contribution in [0.1, 0.15) is 38.5 Å². The topological polar surface area (TPSA) is 69.6 Å². The van der Waals surface area contributed by atoms with E-state index >= 15 is 0 Å². The number of ether oxygens (including phenoxy) is 1. The van der Waals surface area contributed by atoms with Gasteiger partial charge in [0.15, 0.2) is 0 Å². The number of aryl methyl sites for hydroxylation is 1.